The van der Waals surface area contributed by atoms with Crippen molar-refractivity contribution in [3.8, 4) is 0 Å². The average molecular weight is 407 g/mol. The lowest BCUT2D eigenvalue weighted by Gasteiger charge is -2.19. The highest BCUT2D eigenvalue weighted by Gasteiger charge is 2.27. The van der Waals surface area contributed by atoms with E-state index in [0.717, 1.165) is 11.1 Å². The van der Waals surface area contributed by atoms with E-state index in [1.165, 1.54) is 26.1 Å². The van der Waals surface area contributed by atoms with E-state index in [-0.39, 0.29) is 25.3 Å². The molecule has 146 valence electrons. The van der Waals surface area contributed by atoms with Crippen molar-refractivity contribution in [2.75, 3.05) is 34.4 Å². The molecule has 0 radical (unpaired) electrons. The lowest BCUT2D eigenvalue weighted by atomic mass is 10.1. The highest BCUT2D eigenvalue weighted by molar-refractivity contribution is 7.53. The van der Waals surface area contributed by atoms with Gasteiger partial charge in [-0.2, -0.15) is 0 Å². The zero-order valence-electron chi connectivity index (χ0n) is 15.5. The Morgan fingerprint density at radius 1 is 1.31 bits per heavy atom. The minimum absolute atomic E-state index is 0.0474. The standard InChI is InChI=1S/C16H24ClN2O6P/c1-6-23-26(21,11-13-7-8-14(17)9-12(13)2)24-10-15(18-22-5)25-16(20)19(3)4/h7-9H,6,10-11H2,1-5H3. The van der Waals surface area contributed by atoms with Crippen LogP contribution in [0.2, 0.25) is 5.02 Å². The molecular formula is C16H24ClN2O6P. The zero-order valence-corrected chi connectivity index (χ0v) is 17.2. The van der Waals surface area contributed by atoms with Gasteiger partial charge >= 0.3 is 13.7 Å². The molecular weight excluding hydrogens is 383 g/mol. The Hall–Kier alpha value is -1.60. The van der Waals surface area contributed by atoms with Crippen LogP contribution in [0.15, 0.2) is 23.4 Å². The van der Waals surface area contributed by atoms with Gasteiger partial charge in [-0.25, -0.2) is 4.79 Å². The Morgan fingerprint density at radius 3 is 2.54 bits per heavy atom. The molecule has 8 nitrogen and oxygen atoms in total. The van der Waals surface area contributed by atoms with E-state index in [1.807, 2.05) is 6.92 Å². The molecule has 0 aliphatic carbocycles. The van der Waals surface area contributed by atoms with E-state index in [0.29, 0.717) is 5.02 Å². The monoisotopic (exact) mass is 406 g/mol. The molecule has 26 heavy (non-hydrogen) atoms. The van der Waals surface area contributed by atoms with E-state index in [9.17, 15) is 9.36 Å². The van der Waals surface area contributed by atoms with Gasteiger partial charge < -0.3 is 19.0 Å². The molecule has 0 spiro atoms. The molecule has 1 unspecified atom stereocenters. The van der Waals surface area contributed by atoms with Crippen molar-refractivity contribution in [1.29, 1.82) is 0 Å². The lowest BCUT2D eigenvalue weighted by Crippen LogP contribution is -2.27. The van der Waals surface area contributed by atoms with Gasteiger partial charge in [0.05, 0.1) is 12.8 Å². The van der Waals surface area contributed by atoms with Crippen molar-refractivity contribution in [2.45, 2.75) is 20.0 Å². The molecule has 10 heteroatoms. The van der Waals surface area contributed by atoms with Gasteiger partial charge in [0.25, 0.3) is 5.90 Å². The van der Waals surface area contributed by atoms with Gasteiger partial charge in [0.1, 0.15) is 13.7 Å². The number of aryl methyl sites for hydroxylation is 1. The molecule has 1 aromatic rings. The number of oxime groups is 1. The third-order valence-electron chi connectivity index (χ3n) is 3.14. The number of ether oxygens (including phenoxy) is 1. The van der Waals surface area contributed by atoms with Crippen LogP contribution in [-0.2, 0) is 29.3 Å². The molecule has 1 rings (SSSR count). The second-order valence-corrected chi connectivity index (χ2v) is 7.95. The molecule has 0 aliphatic heterocycles. The Balaban J connectivity index is 2.89. The Labute approximate surface area is 158 Å². The van der Waals surface area contributed by atoms with Gasteiger partial charge in [-0.15, -0.1) is 0 Å². The zero-order chi connectivity index (χ0) is 19.7. The number of halogens is 1. The van der Waals surface area contributed by atoms with E-state index < -0.39 is 13.7 Å². The maximum Gasteiger partial charge on any atom is 0.415 e. The van der Waals surface area contributed by atoms with Crippen LogP contribution in [0.1, 0.15) is 18.1 Å². The second-order valence-electron chi connectivity index (χ2n) is 5.46. The van der Waals surface area contributed by atoms with Crippen LogP contribution in [0.5, 0.6) is 0 Å². The summed E-state index contributed by atoms with van der Waals surface area (Å²) in [6.07, 6.45) is -0.615. The summed E-state index contributed by atoms with van der Waals surface area (Å²) >= 11 is 5.95. The largest absolute Gasteiger partial charge is 0.415 e. The molecule has 0 saturated carbocycles. The van der Waals surface area contributed by atoms with Gasteiger partial charge in [-0.3, -0.25) is 9.09 Å². The number of carbonyl (C=O) groups excluding carboxylic acids is 1. The third-order valence-corrected chi connectivity index (χ3v) is 5.28. The number of benzene rings is 1. The first kappa shape index (κ1) is 22.4. The number of carbonyl (C=O) groups is 1. The predicted molar refractivity (Wildman–Crippen MR) is 99.7 cm³/mol. The van der Waals surface area contributed by atoms with Crippen molar-refractivity contribution in [3.63, 3.8) is 0 Å². The van der Waals surface area contributed by atoms with E-state index in [1.54, 1.807) is 25.1 Å². The predicted octanol–water partition coefficient (Wildman–Crippen LogP) is 4.05. The van der Waals surface area contributed by atoms with Crippen molar-refractivity contribution >= 4 is 31.2 Å². The number of hydrogen-bond acceptors (Lipinski definition) is 7. The highest BCUT2D eigenvalue weighted by Crippen LogP contribution is 2.51. The topological polar surface area (TPSA) is 86.7 Å². The fourth-order valence-electron chi connectivity index (χ4n) is 1.89. The van der Waals surface area contributed by atoms with Gasteiger partial charge in [-0.1, -0.05) is 17.7 Å². The van der Waals surface area contributed by atoms with Crippen molar-refractivity contribution in [1.82, 2.24) is 4.90 Å². The van der Waals surface area contributed by atoms with Crippen LogP contribution in [0.25, 0.3) is 0 Å². The van der Waals surface area contributed by atoms with Crippen LogP contribution in [0, 0.1) is 6.92 Å². The average Bonchev–Trinajstić information content (AvgIpc) is 2.56. The number of amides is 1. The lowest BCUT2D eigenvalue weighted by molar-refractivity contribution is 0.148. The molecule has 0 bridgehead atoms. The first-order valence-electron chi connectivity index (χ1n) is 7.83. The molecule has 0 aromatic heterocycles. The fraction of sp³-hybridized carbons (Fsp3) is 0.500. The van der Waals surface area contributed by atoms with E-state index in [4.69, 9.17) is 25.4 Å². The third kappa shape index (κ3) is 7.33. The molecule has 0 saturated heterocycles. The van der Waals surface area contributed by atoms with Crippen molar-refractivity contribution in [3.05, 3.63) is 34.3 Å². The first-order valence-corrected chi connectivity index (χ1v) is 9.93. The first-order chi connectivity index (χ1) is 12.2. The van der Waals surface area contributed by atoms with E-state index >= 15 is 0 Å². The van der Waals surface area contributed by atoms with Gasteiger partial charge in [-0.05, 0) is 42.3 Å². The summed E-state index contributed by atoms with van der Waals surface area (Å²) in [4.78, 5) is 17.5. The normalized spacial score (nSPS) is 13.8. The van der Waals surface area contributed by atoms with Crippen LogP contribution < -0.4 is 0 Å². The number of nitrogens with zero attached hydrogens (tertiary/aromatic N) is 2. The molecule has 0 fully saturated rings. The molecule has 0 heterocycles. The smallest absolute Gasteiger partial charge is 0.396 e. The van der Waals surface area contributed by atoms with Gasteiger partial charge in [0, 0.05) is 19.1 Å². The molecule has 0 N–H and O–H groups in total. The van der Waals surface area contributed by atoms with E-state index in [2.05, 4.69) is 9.99 Å². The maximum absolute atomic E-state index is 13.0. The summed E-state index contributed by atoms with van der Waals surface area (Å²) < 4.78 is 28.8. The second kappa shape index (κ2) is 10.5. The number of rotatable bonds is 8. The van der Waals surface area contributed by atoms with Crippen molar-refractivity contribution in [2.24, 2.45) is 5.16 Å². The van der Waals surface area contributed by atoms with Crippen LogP contribution in [0.4, 0.5) is 4.79 Å². The minimum atomic E-state index is -3.51. The van der Waals surface area contributed by atoms with Crippen LogP contribution >= 0.6 is 19.2 Å². The Bertz CT molecular complexity index is 695. The molecule has 0 aliphatic rings. The Morgan fingerprint density at radius 2 is 2.00 bits per heavy atom. The summed E-state index contributed by atoms with van der Waals surface area (Å²) in [7, 11) is 0.814. The van der Waals surface area contributed by atoms with Crippen LogP contribution in [-0.4, -0.2) is 51.3 Å². The fourth-order valence-corrected chi connectivity index (χ4v) is 3.85. The highest BCUT2D eigenvalue weighted by atomic mass is 35.5. The molecule has 1 aromatic carbocycles. The molecule has 1 atom stereocenters. The van der Waals surface area contributed by atoms with Crippen molar-refractivity contribution < 1.29 is 28.0 Å². The van der Waals surface area contributed by atoms with Crippen LogP contribution in [0.3, 0.4) is 0 Å². The Kier molecular flexibility index (Phi) is 9.08. The minimum Gasteiger partial charge on any atom is -0.396 e. The summed E-state index contributed by atoms with van der Waals surface area (Å²) in [6.45, 7) is 3.41. The summed E-state index contributed by atoms with van der Waals surface area (Å²) in [5.74, 6) is -0.168. The number of hydrogen-bond donors (Lipinski definition) is 0. The van der Waals surface area contributed by atoms with Gasteiger partial charge in [0.15, 0.2) is 0 Å². The SMILES string of the molecule is CCOP(=O)(Cc1ccc(Cl)cc1C)OCC(=NOC)OC(=O)N(C)C. The summed E-state index contributed by atoms with van der Waals surface area (Å²) in [5.41, 5.74) is 1.65. The summed E-state index contributed by atoms with van der Waals surface area (Å²) in [5, 5.41) is 4.16. The molecule has 1 amide bonds. The maximum atomic E-state index is 13.0. The quantitative estimate of drug-likeness (QED) is 0.280. The van der Waals surface area contributed by atoms with Gasteiger partial charge in [0.2, 0.25) is 0 Å². The summed E-state index contributed by atoms with van der Waals surface area (Å²) in [6, 6.07) is 5.24.